The molecule has 3 aromatic carbocycles. The van der Waals surface area contributed by atoms with E-state index in [1.165, 1.54) is 6.33 Å². The van der Waals surface area contributed by atoms with Gasteiger partial charge < -0.3 is 25.6 Å². The molecule has 6 amide bonds. The van der Waals surface area contributed by atoms with E-state index >= 15 is 0 Å². The first kappa shape index (κ1) is 43.1. The number of piperidine rings is 2. The van der Waals surface area contributed by atoms with Gasteiger partial charge in [-0.05, 0) is 87.2 Å². The van der Waals surface area contributed by atoms with Crippen LogP contribution in [-0.4, -0.2) is 133 Å². The molecule has 18 nitrogen and oxygen atoms in total. The largest absolute Gasteiger partial charge is 0.457 e. The Labute approximate surface area is 375 Å². The first-order valence-corrected chi connectivity index (χ1v) is 22.3. The first-order valence-electron chi connectivity index (χ1n) is 22.3. The fourth-order valence-electron chi connectivity index (χ4n) is 9.25. The summed E-state index contributed by atoms with van der Waals surface area (Å²) in [7, 11) is 0. The van der Waals surface area contributed by atoms with Crippen molar-refractivity contribution in [2.45, 2.75) is 63.5 Å². The molecule has 18 heteroatoms. The van der Waals surface area contributed by atoms with Crippen LogP contribution in [0.25, 0.3) is 22.3 Å². The van der Waals surface area contributed by atoms with Crippen molar-refractivity contribution in [2.75, 3.05) is 63.4 Å². The lowest BCUT2D eigenvalue weighted by Gasteiger charge is -2.35. The zero-order valence-corrected chi connectivity index (χ0v) is 36.0. The average molecular weight is 882 g/mol. The van der Waals surface area contributed by atoms with Crippen LogP contribution in [0.5, 0.6) is 11.5 Å². The topological polar surface area (TPSA) is 218 Å². The van der Waals surface area contributed by atoms with E-state index in [1.807, 2.05) is 69.1 Å². The van der Waals surface area contributed by atoms with Crippen molar-refractivity contribution >= 4 is 58.0 Å². The van der Waals surface area contributed by atoms with E-state index in [9.17, 15) is 28.8 Å². The number of nitrogens with one attached hydrogen (secondary N) is 2. The van der Waals surface area contributed by atoms with E-state index in [4.69, 9.17) is 15.6 Å². The molecule has 2 unspecified atom stereocenters. The Balaban J connectivity index is 0.716. The summed E-state index contributed by atoms with van der Waals surface area (Å²) in [4.78, 5) is 93.3. The van der Waals surface area contributed by atoms with Crippen LogP contribution < -0.4 is 21.1 Å². The summed E-state index contributed by atoms with van der Waals surface area (Å²) < 4.78 is 7.90. The number of carbonyl (C=O) groups excluding carboxylic acids is 6. The number of benzene rings is 3. The van der Waals surface area contributed by atoms with E-state index in [0.717, 1.165) is 48.7 Å². The van der Waals surface area contributed by atoms with Crippen LogP contribution in [0.1, 0.15) is 78.1 Å². The Bertz CT molecular complexity index is 2630. The van der Waals surface area contributed by atoms with E-state index < -0.39 is 29.7 Å². The molecular weight excluding hydrogens is 831 g/mol. The fourth-order valence-corrected chi connectivity index (χ4v) is 9.25. The monoisotopic (exact) mass is 881 g/mol. The maximum atomic E-state index is 13.6. The Hall–Kier alpha value is -7.21. The minimum absolute atomic E-state index is 0.0481. The average Bonchev–Trinajstić information content (AvgIpc) is 3.84. The molecule has 0 spiro atoms. The number of ether oxygens (including phenoxy) is 1. The highest BCUT2D eigenvalue weighted by Gasteiger charge is 2.45. The molecule has 3 fully saturated rings. The lowest BCUT2D eigenvalue weighted by Crippen LogP contribution is -2.54. The SMILES string of the molecule is Nc1ncnc2c1c(-c1ccc(Oc3ccccc3)cc1)nn2C1CCCN(C(=O)CCCN2CCN(C(=O)CCCNc3cccc4c3C(=O)N(C3CCC(=O)NC3=O)C4=O)CC2)C1. The number of piperazine rings is 1. The predicted molar refractivity (Wildman–Crippen MR) is 240 cm³/mol. The number of amides is 6. The summed E-state index contributed by atoms with van der Waals surface area (Å²) >= 11 is 0. The van der Waals surface area contributed by atoms with Crippen molar-refractivity contribution in [1.29, 1.82) is 0 Å². The van der Waals surface area contributed by atoms with Gasteiger partial charge in [0.25, 0.3) is 11.8 Å². The molecule has 0 bridgehead atoms. The van der Waals surface area contributed by atoms with Gasteiger partial charge in [-0.1, -0.05) is 24.3 Å². The van der Waals surface area contributed by atoms with Gasteiger partial charge in [-0.2, -0.15) is 5.10 Å². The number of rotatable bonds is 14. The Morgan fingerprint density at radius 1 is 0.800 bits per heavy atom. The number of carbonyl (C=O) groups is 6. The molecule has 0 radical (unpaired) electrons. The van der Waals surface area contributed by atoms with Crippen LogP contribution in [-0.2, 0) is 19.2 Å². The highest BCUT2D eigenvalue weighted by atomic mass is 16.5. The summed E-state index contributed by atoms with van der Waals surface area (Å²) in [6, 6.07) is 21.1. The first-order chi connectivity index (χ1) is 31.6. The van der Waals surface area contributed by atoms with Crippen LogP contribution in [0.2, 0.25) is 0 Å². The van der Waals surface area contributed by atoms with Crippen molar-refractivity contribution in [3.8, 4) is 22.8 Å². The molecule has 4 aliphatic heterocycles. The highest BCUT2D eigenvalue weighted by molar-refractivity contribution is 6.25. The zero-order chi connectivity index (χ0) is 45.0. The lowest BCUT2D eigenvalue weighted by atomic mass is 10.0. The third-order valence-electron chi connectivity index (χ3n) is 12.7. The van der Waals surface area contributed by atoms with Gasteiger partial charge in [-0.25, -0.2) is 14.6 Å². The number of imide groups is 2. The molecule has 65 heavy (non-hydrogen) atoms. The predicted octanol–water partition coefficient (Wildman–Crippen LogP) is 4.25. The zero-order valence-electron chi connectivity index (χ0n) is 36.0. The number of para-hydroxylation sites is 1. The minimum Gasteiger partial charge on any atom is -0.457 e. The lowest BCUT2D eigenvalue weighted by molar-refractivity contribution is -0.136. The number of hydrogen-bond donors (Lipinski definition) is 3. The second kappa shape index (κ2) is 18.9. The van der Waals surface area contributed by atoms with Crippen molar-refractivity contribution in [2.24, 2.45) is 0 Å². The van der Waals surface area contributed by atoms with Gasteiger partial charge in [-0.15, -0.1) is 0 Å². The number of aromatic nitrogens is 4. The molecule has 4 N–H and O–H groups in total. The molecule has 2 aromatic heterocycles. The Morgan fingerprint density at radius 2 is 1.55 bits per heavy atom. The van der Waals surface area contributed by atoms with Gasteiger partial charge in [0.2, 0.25) is 23.6 Å². The molecular formula is C47H51N11O7. The Kier molecular flexibility index (Phi) is 12.5. The van der Waals surface area contributed by atoms with E-state index in [-0.39, 0.29) is 41.8 Å². The van der Waals surface area contributed by atoms with Crippen molar-refractivity contribution in [1.82, 2.24) is 44.7 Å². The van der Waals surface area contributed by atoms with E-state index in [1.54, 1.807) is 18.2 Å². The van der Waals surface area contributed by atoms with E-state index in [2.05, 4.69) is 25.5 Å². The third-order valence-corrected chi connectivity index (χ3v) is 12.7. The summed E-state index contributed by atoms with van der Waals surface area (Å²) in [6.45, 7) is 5.03. The molecule has 9 rings (SSSR count). The summed E-state index contributed by atoms with van der Waals surface area (Å²) in [5.41, 5.74) is 9.45. The van der Waals surface area contributed by atoms with Crippen LogP contribution >= 0.6 is 0 Å². The number of likely N-dealkylation sites (tertiary alicyclic amines) is 1. The maximum Gasteiger partial charge on any atom is 0.264 e. The van der Waals surface area contributed by atoms with Crippen molar-refractivity contribution in [3.05, 3.63) is 90.3 Å². The third kappa shape index (κ3) is 9.11. The molecule has 4 aliphatic rings. The molecule has 6 heterocycles. The van der Waals surface area contributed by atoms with Crippen molar-refractivity contribution < 1.29 is 33.5 Å². The van der Waals surface area contributed by atoms with Gasteiger partial charge in [0.05, 0.1) is 22.6 Å². The summed E-state index contributed by atoms with van der Waals surface area (Å²) in [5.74, 6) is -0.277. The maximum absolute atomic E-state index is 13.6. The smallest absolute Gasteiger partial charge is 0.264 e. The normalized spacial score (nSPS) is 19.1. The van der Waals surface area contributed by atoms with Crippen LogP contribution in [0.3, 0.4) is 0 Å². The quantitative estimate of drug-likeness (QED) is 0.105. The number of nitrogens with two attached hydrogens (primary N) is 1. The fraction of sp³-hybridized carbons (Fsp3) is 0.383. The standard InChI is InChI=1S/C47H51N11O7/c48-43-41-42(30-15-17-33(18-16-30)65-32-9-2-1-3-10-32)53-58(44(41)51-29-50-43)31-8-6-23-56(28-31)39(61)14-7-22-54-24-26-55(27-25-54)38(60)13-5-21-49-35-12-4-11-34-40(35)47(64)57(46(34)63)36-19-20-37(59)52-45(36)62/h1-4,9-12,15-18,29,31,36,49H,5-8,13-14,19-28H2,(H2,48,50,51)(H,52,59,62). The number of hydrogen-bond acceptors (Lipinski definition) is 13. The number of nitrogens with zero attached hydrogens (tertiary/aromatic N) is 8. The summed E-state index contributed by atoms with van der Waals surface area (Å²) in [5, 5.41) is 11.1. The van der Waals surface area contributed by atoms with Crippen molar-refractivity contribution in [3.63, 3.8) is 0 Å². The molecule has 3 saturated heterocycles. The molecule has 0 saturated carbocycles. The number of nitrogen functional groups attached to an aromatic ring is 1. The van der Waals surface area contributed by atoms with Gasteiger partial charge >= 0.3 is 0 Å². The Morgan fingerprint density at radius 3 is 2.34 bits per heavy atom. The van der Waals surface area contributed by atoms with Crippen LogP contribution in [0.4, 0.5) is 11.5 Å². The second-order valence-electron chi connectivity index (χ2n) is 16.9. The second-order valence-corrected chi connectivity index (χ2v) is 16.9. The molecule has 5 aromatic rings. The molecule has 0 aliphatic carbocycles. The molecule has 336 valence electrons. The van der Waals surface area contributed by atoms with E-state index in [0.29, 0.717) is 92.4 Å². The van der Waals surface area contributed by atoms with Crippen LogP contribution in [0, 0.1) is 0 Å². The van der Waals surface area contributed by atoms with Gasteiger partial charge in [-0.3, -0.25) is 43.9 Å². The summed E-state index contributed by atoms with van der Waals surface area (Å²) in [6.07, 6.45) is 5.24. The van der Waals surface area contributed by atoms with Gasteiger partial charge in [0.1, 0.15) is 35.4 Å². The number of fused-ring (bicyclic) bond motifs is 2. The molecule has 2 atom stereocenters. The van der Waals surface area contributed by atoms with Gasteiger partial charge in [0.15, 0.2) is 5.65 Å². The highest BCUT2D eigenvalue weighted by Crippen LogP contribution is 2.36. The van der Waals surface area contributed by atoms with Crippen LogP contribution in [0.15, 0.2) is 79.1 Å². The van der Waals surface area contributed by atoms with Gasteiger partial charge in [0, 0.05) is 76.3 Å². The number of anilines is 2. The minimum atomic E-state index is -1.04.